The molecule has 5 heteroatoms. The minimum atomic E-state index is -0.596. The summed E-state index contributed by atoms with van der Waals surface area (Å²) < 4.78 is 0. The predicted molar refractivity (Wildman–Crippen MR) is 91.8 cm³/mol. The number of aromatic nitrogens is 2. The molecule has 0 spiro atoms. The lowest BCUT2D eigenvalue weighted by molar-refractivity contribution is -0.121. The number of carbonyl (C=O) groups is 1. The summed E-state index contributed by atoms with van der Waals surface area (Å²) in [6.07, 6.45) is 17.0. The summed E-state index contributed by atoms with van der Waals surface area (Å²) in [5.74, 6) is -0.0687. The van der Waals surface area contributed by atoms with Gasteiger partial charge in [-0.15, -0.1) is 0 Å². The molecule has 0 unspecified atom stereocenters. The molecule has 1 aromatic heterocycles. The lowest BCUT2D eigenvalue weighted by Gasteiger charge is -2.11. The maximum atomic E-state index is 11.8. The summed E-state index contributed by atoms with van der Waals surface area (Å²) >= 11 is 0. The fourth-order valence-electron chi connectivity index (χ4n) is 2.60. The molecule has 1 rings (SSSR count). The number of hydrogen-bond acceptors (Lipinski definition) is 3. The van der Waals surface area contributed by atoms with Crippen LogP contribution in [0.3, 0.4) is 0 Å². The van der Waals surface area contributed by atoms with Crippen molar-refractivity contribution in [3.63, 3.8) is 0 Å². The van der Waals surface area contributed by atoms with Gasteiger partial charge in [0.1, 0.15) is 6.04 Å². The third-order valence-corrected chi connectivity index (χ3v) is 3.96. The molecule has 2 N–H and O–H groups in total. The maximum absolute atomic E-state index is 11.8. The SMILES string of the molecule is CCCCCCCCCCCC(=O)N[C@@H]([C]=O)Cc1cnc[nH]1. The first-order chi connectivity index (χ1) is 11.3. The zero-order valence-corrected chi connectivity index (χ0v) is 14.3. The van der Waals surface area contributed by atoms with E-state index < -0.39 is 6.04 Å². The molecule has 1 radical (unpaired) electrons. The van der Waals surface area contributed by atoms with Gasteiger partial charge >= 0.3 is 0 Å². The molecule has 0 saturated carbocycles. The van der Waals surface area contributed by atoms with Crippen LogP contribution in [0.2, 0.25) is 0 Å². The number of amides is 1. The van der Waals surface area contributed by atoms with Crippen molar-refractivity contribution in [1.82, 2.24) is 15.3 Å². The van der Waals surface area contributed by atoms with Gasteiger partial charge in [0.15, 0.2) is 0 Å². The van der Waals surface area contributed by atoms with Crippen molar-refractivity contribution in [3.05, 3.63) is 18.2 Å². The van der Waals surface area contributed by atoms with E-state index in [-0.39, 0.29) is 5.91 Å². The van der Waals surface area contributed by atoms with Gasteiger partial charge in [0, 0.05) is 24.7 Å². The Kier molecular flexibility index (Phi) is 10.8. The van der Waals surface area contributed by atoms with E-state index in [4.69, 9.17) is 0 Å². The predicted octanol–water partition coefficient (Wildman–Crippen LogP) is 3.47. The highest BCUT2D eigenvalue weighted by atomic mass is 16.2. The van der Waals surface area contributed by atoms with Gasteiger partial charge in [-0.25, -0.2) is 4.98 Å². The second-order valence-corrected chi connectivity index (χ2v) is 6.10. The van der Waals surface area contributed by atoms with Crippen LogP contribution in [-0.4, -0.2) is 28.2 Å². The molecule has 0 aromatic carbocycles. The molecule has 0 aliphatic carbocycles. The van der Waals surface area contributed by atoms with Gasteiger partial charge in [-0.3, -0.25) is 9.59 Å². The van der Waals surface area contributed by atoms with Crippen LogP contribution < -0.4 is 5.32 Å². The van der Waals surface area contributed by atoms with Crippen molar-refractivity contribution >= 4 is 12.2 Å². The Labute approximate surface area is 139 Å². The second-order valence-electron chi connectivity index (χ2n) is 6.10. The topological polar surface area (TPSA) is 74.8 Å². The Morgan fingerprint density at radius 3 is 2.39 bits per heavy atom. The molecule has 5 nitrogen and oxygen atoms in total. The Balaban J connectivity index is 2.01. The molecule has 129 valence electrons. The van der Waals surface area contributed by atoms with Gasteiger partial charge in [-0.05, 0) is 6.42 Å². The maximum Gasteiger partial charge on any atom is 0.223 e. The van der Waals surface area contributed by atoms with E-state index in [9.17, 15) is 9.59 Å². The molecular weight excluding hydrogens is 290 g/mol. The molecule has 23 heavy (non-hydrogen) atoms. The molecule has 0 aliphatic heterocycles. The van der Waals surface area contributed by atoms with Crippen molar-refractivity contribution in [1.29, 1.82) is 0 Å². The first-order valence-electron chi connectivity index (χ1n) is 8.90. The number of unbranched alkanes of at least 4 members (excludes halogenated alkanes) is 8. The van der Waals surface area contributed by atoms with Gasteiger partial charge in [0.05, 0.1) is 6.33 Å². The monoisotopic (exact) mass is 320 g/mol. The molecule has 0 saturated heterocycles. The molecular formula is C18H30N3O2. The van der Waals surface area contributed by atoms with Crippen LogP contribution >= 0.6 is 0 Å². The highest BCUT2D eigenvalue weighted by Crippen LogP contribution is 2.10. The standard InChI is InChI=1S/C18H30N3O2/c1-2-3-4-5-6-7-8-9-10-11-18(23)21-17(14-22)12-16-13-19-15-20-16/h13,15,17H,2-12H2,1H3,(H,19,20)(H,21,23)/t17-/m1/s1. The minimum absolute atomic E-state index is 0.0687. The summed E-state index contributed by atoms with van der Waals surface area (Å²) in [6, 6.07) is -0.596. The third-order valence-electron chi connectivity index (χ3n) is 3.96. The smallest absolute Gasteiger partial charge is 0.223 e. The largest absolute Gasteiger partial charge is 0.348 e. The van der Waals surface area contributed by atoms with Gasteiger partial charge in [0.2, 0.25) is 12.2 Å². The second kappa shape index (κ2) is 12.9. The van der Waals surface area contributed by atoms with Gasteiger partial charge < -0.3 is 10.3 Å². The first-order valence-corrected chi connectivity index (χ1v) is 8.90. The van der Waals surface area contributed by atoms with Crippen LogP contribution in [0.5, 0.6) is 0 Å². The third kappa shape index (κ3) is 9.87. The van der Waals surface area contributed by atoms with Gasteiger partial charge in [-0.1, -0.05) is 58.3 Å². The summed E-state index contributed by atoms with van der Waals surface area (Å²) in [6.45, 7) is 2.23. The zero-order chi connectivity index (χ0) is 16.8. The zero-order valence-electron chi connectivity index (χ0n) is 14.3. The number of nitrogens with one attached hydrogen (secondary N) is 2. The molecule has 1 atom stereocenters. The van der Waals surface area contributed by atoms with E-state index in [2.05, 4.69) is 22.2 Å². The average molecular weight is 320 g/mol. The van der Waals surface area contributed by atoms with E-state index in [0.717, 1.165) is 18.5 Å². The lowest BCUT2D eigenvalue weighted by atomic mass is 10.1. The Hall–Kier alpha value is -1.65. The summed E-state index contributed by atoms with van der Waals surface area (Å²) in [7, 11) is 0. The highest BCUT2D eigenvalue weighted by molar-refractivity contribution is 5.79. The summed E-state index contributed by atoms with van der Waals surface area (Å²) in [5, 5.41) is 2.72. The fourth-order valence-corrected chi connectivity index (χ4v) is 2.60. The number of aromatic amines is 1. The van der Waals surface area contributed by atoms with Crippen molar-refractivity contribution in [3.8, 4) is 0 Å². The number of rotatable bonds is 14. The average Bonchev–Trinajstić information content (AvgIpc) is 3.05. The molecule has 0 aliphatic rings. The summed E-state index contributed by atoms with van der Waals surface area (Å²) in [5.41, 5.74) is 0.821. The van der Waals surface area contributed by atoms with Gasteiger partial charge in [0.25, 0.3) is 0 Å². The van der Waals surface area contributed by atoms with Crippen molar-refractivity contribution < 1.29 is 9.59 Å². The molecule has 0 bridgehead atoms. The summed E-state index contributed by atoms with van der Waals surface area (Å²) in [4.78, 5) is 29.6. The minimum Gasteiger partial charge on any atom is -0.348 e. The van der Waals surface area contributed by atoms with Crippen molar-refractivity contribution in [2.45, 2.75) is 83.6 Å². The molecule has 1 heterocycles. The number of imidazole rings is 1. The Morgan fingerprint density at radius 1 is 1.17 bits per heavy atom. The van der Waals surface area contributed by atoms with Crippen LogP contribution in [0.4, 0.5) is 0 Å². The van der Waals surface area contributed by atoms with E-state index >= 15 is 0 Å². The molecule has 1 amide bonds. The van der Waals surface area contributed by atoms with Crippen LogP contribution in [-0.2, 0) is 16.0 Å². The van der Waals surface area contributed by atoms with E-state index in [0.29, 0.717) is 12.8 Å². The molecule has 0 fully saturated rings. The van der Waals surface area contributed by atoms with Gasteiger partial charge in [-0.2, -0.15) is 0 Å². The van der Waals surface area contributed by atoms with E-state index in [1.54, 1.807) is 12.5 Å². The quantitative estimate of drug-likeness (QED) is 0.515. The fraction of sp³-hybridized carbons (Fsp3) is 0.722. The van der Waals surface area contributed by atoms with E-state index in [1.807, 2.05) is 6.29 Å². The van der Waals surface area contributed by atoms with Crippen LogP contribution in [0, 0.1) is 0 Å². The Bertz CT molecular complexity index is 418. The van der Waals surface area contributed by atoms with Crippen LogP contribution in [0.15, 0.2) is 12.5 Å². The van der Waals surface area contributed by atoms with Crippen LogP contribution in [0.1, 0.15) is 76.8 Å². The number of carbonyl (C=O) groups excluding carboxylic acids is 2. The van der Waals surface area contributed by atoms with E-state index in [1.165, 1.54) is 44.9 Å². The Morgan fingerprint density at radius 2 is 1.83 bits per heavy atom. The normalized spacial score (nSPS) is 12.0. The van der Waals surface area contributed by atoms with Crippen LogP contribution in [0.25, 0.3) is 0 Å². The highest BCUT2D eigenvalue weighted by Gasteiger charge is 2.13. The van der Waals surface area contributed by atoms with Crippen molar-refractivity contribution in [2.75, 3.05) is 0 Å². The van der Waals surface area contributed by atoms with Crippen molar-refractivity contribution in [2.24, 2.45) is 0 Å². The number of hydrogen-bond donors (Lipinski definition) is 2. The number of nitrogens with zero attached hydrogens (tertiary/aromatic N) is 1. The molecule has 1 aromatic rings. The lowest BCUT2D eigenvalue weighted by Crippen LogP contribution is -2.37. The first kappa shape index (κ1) is 19.4. The number of H-pyrrole nitrogens is 1.